The summed E-state index contributed by atoms with van der Waals surface area (Å²) < 4.78 is 11.4. The summed E-state index contributed by atoms with van der Waals surface area (Å²) in [6.45, 7) is 5.98. The van der Waals surface area contributed by atoms with Crippen LogP contribution in [0.15, 0.2) is 18.2 Å². The zero-order valence-electron chi connectivity index (χ0n) is 14.1. The van der Waals surface area contributed by atoms with Crippen molar-refractivity contribution in [2.45, 2.75) is 71.0 Å². The van der Waals surface area contributed by atoms with Crippen LogP contribution in [0, 0.1) is 5.92 Å². The van der Waals surface area contributed by atoms with E-state index in [0.29, 0.717) is 0 Å². The third kappa shape index (κ3) is 3.55. The van der Waals surface area contributed by atoms with Crippen molar-refractivity contribution >= 4 is 0 Å². The van der Waals surface area contributed by atoms with Gasteiger partial charge >= 0.3 is 0 Å². The Morgan fingerprint density at radius 3 is 2.36 bits per heavy atom. The molecule has 1 aliphatic heterocycles. The Bertz CT molecular complexity index is 469. The van der Waals surface area contributed by atoms with Crippen molar-refractivity contribution in [3.63, 3.8) is 0 Å². The highest BCUT2D eigenvalue weighted by Crippen LogP contribution is 2.39. The number of rotatable bonds is 5. The molecule has 1 saturated heterocycles. The first-order chi connectivity index (χ1) is 10.8. The molecule has 2 heteroatoms. The second-order valence-corrected chi connectivity index (χ2v) is 6.89. The summed E-state index contributed by atoms with van der Waals surface area (Å²) in [6.07, 6.45) is 9.23. The molecule has 0 aromatic heterocycles. The molecule has 1 saturated carbocycles. The average molecular weight is 302 g/mol. The third-order valence-corrected chi connectivity index (χ3v) is 5.44. The average Bonchev–Trinajstić information content (AvgIpc) is 3.09. The first-order valence-electron chi connectivity index (χ1n) is 9.17. The van der Waals surface area contributed by atoms with Gasteiger partial charge in [0, 0.05) is 5.56 Å². The lowest BCUT2D eigenvalue weighted by Crippen LogP contribution is -2.14. The van der Waals surface area contributed by atoms with E-state index in [-0.39, 0.29) is 6.29 Å². The second kappa shape index (κ2) is 7.61. The maximum Gasteiger partial charge on any atom is 0.184 e. The van der Waals surface area contributed by atoms with Crippen molar-refractivity contribution in [3.05, 3.63) is 34.9 Å². The van der Waals surface area contributed by atoms with Crippen LogP contribution in [0.4, 0.5) is 0 Å². The van der Waals surface area contributed by atoms with Crippen LogP contribution in [0.25, 0.3) is 0 Å². The summed E-state index contributed by atoms with van der Waals surface area (Å²) in [5.74, 6) is 1.74. The molecule has 0 spiro atoms. The Morgan fingerprint density at radius 2 is 1.73 bits per heavy atom. The van der Waals surface area contributed by atoms with Gasteiger partial charge in [-0.2, -0.15) is 0 Å². The molecule has 1 aromatic carbocycles. The van der Waals surface area contributed by atoms with Gasteiger partial charge in [0.2, 0.25) is 0 Å². The first kappa shape index (κ1) is 16.0. The molecule has 1 aromatic rings. The van der Waals surface area contributed by atoms with Crippen LogP contribution >= 0.6 is 0 Å². The third-order valence-electron chi connectivity index (χ3n) is 5.44. The first-order valence-corrected chi connectivity index (χ1v) is 9.17. The van der Waals surface area contributed by atoms with E-state index < -0.39 is 0 Å². The quantitative estimate of drug-likeness (QED) is 0.728. The summed E-state index contributed by atoms with van der Waals surface area (Å²) in [4.78, 5) is 0. The van der Waals surface area contributed by atoms with Gasteiger partial charge in [0.15, 0.2) is 6.29 Å². The minimum Gasteiger partial charge on any atom is -0.346 e. The van der Waals surface area contributed by atoms with Gasteiger partial charge in [0.1, 0.15) is 0 Å². The fraction of sp³-hybridized carbons (Fsp3) is 0.700. The molecule has 22 heavy (non-hydrogen) atoms. The van der Waals surface area contributed by atoms with Gasteiger partial charge in [-0.1, -0.05) is 44.9 Å². The van der Waals surface area contributed by atoms with Gasteiger partial charge in [-0.3, -0.25) is 0 Å². The van der Waals surface area contributed by atoms with Crippen LogP contribution in [-0.4, -0.2) is 13.2 Å². The summed E-state index contributed by atoms with van der Waals surface area (Å²) in [7, 11) is 0. The summed E-state index contributed by atoms with van der Waals surface area (Å²) >= 11 is 0. The molecule has 0 amide bonds. The van der Waals surface area contributed by atoms with Crippen molar-refractivity contribution in [1.82, 2.24) is 0 Å². The van der Waals surface area contributed by atoms with Crippen LogP contribution in [0.2, 0.25) is 0 Å². The Morgan fingerprint density at radius 1 is 1.00 bits per heavy atom. The normalized spacial score (nSPS) is 26.5. The van der Waals surface area contributed by atoms with Crippen LogP contribution in [0.3, 0.4) is 0 Å². The number of benzene rings is 1. The highest BCUT2D eigenvalue weighted by molar-refractivity contribution is 5.35. The molecular weight excluding hydrogens is 272 g/mol. The Kier molecular flexibility index (Phi) is 5.54. The van der Waals surface area contributed by atoms with E-state index in [1.54, 1.807) is 0 Å². The molecule has 1 heterocycles. The minimum atomic E-state index is -0.135. The van der Waals surface area contributed by atoms with Crippen LogP contribution in [-0.2, 0) is 15.9 Å². The molecule has 1 aliphatic carbocycles. The van der Waals surface area contributed by atoms with Crippen LogP contribution < -0.4 is 0 Å². The van der Waals surface area contributed by atoms with Crippen molar-refractivity contribution in [2.24, 2.45) is 5.92 Å². The van der Waals surface area contributed by atoms with E-state index in [2.05, 4.69) is 32.0 Å². The minimum absolute atomic E-state index is 0.135. The summed E-state index contributed by atoms with van der Waals surface area (Å²) in [6, 6.07) is 7.00. The molecule has 2 fully saturated rings. The largest absolute Gasteiger partial charge is 0.346 e. The molecule has 3 rings (SSSR count). The Balaban J connectivity index is 1.69. The van der Waals surface area contributed by atoms with Gasteiger partial charge in [0.25, 0.3) is 0 Å². The van der Waals surface area contributed by atoms with Crippen molar-refractivity contribution < 1.29 is 9.47 Å². The van der Waals surface area contributed by atoms with Crippen LogP contribution in [0.5, 0.6) is 0 Å². The fourth-order valence-electron chi connectivity index (χ4n) is 4.15. The number of aryl methyl sites for hydroxylation is 1. The van der Waals surface area contributed by atoms with Gasteiger partial charge in [0.05, 0.1) is 13.2 Å². The van der Waals surface area contributed by atoms with E-state index in [4.69, 9.17) is 9.47 Å². The monoisotopic (exact) mass is 302 g/mol. The van der Waals surface area contributed by atoms with E-state index in [0.717, 1.165) is 31.5 Å². The van der Waals surface area contributed by atoms with E-state index >= 15 is 0 Å². The predicted octanol–water partition coefficient (Wildman–Crippen LogP) is 5.37. The molecule has 0 atom stereocenters. The number of ether oxygens (including phenoxy) is 2. The fourth-order valence-corrected chi connectivity index (χ4v) is 4.15. The predicted molar refractivity (Wildman–Crippen MR) is 90.1 cm³/mol. The summed E-state index contributed by atoms with van der Waals surface area (Å²) in [5, 5.41) is 0. The molecule has 0 bridgehead atoms. The maximum atomic E-state index is 5.69. The van der Waals surface area contributed by atoms with Crippen LogP contribution in [0.1, 0.15) is 81.3 Å². The molecule has 0 unspecified atom stereocenters. The highest BCUT2D eigenvalue weighted by atomic mass is 16.7. The van der Waals surface area contributed by atoms with E-state index in [1.807, 2.05) is 0 Å². The maximum absolute atomic E-state index is 5.69. The zero-order chi connectivity index (χ0) is 15.4. The molecule has 0 radical (unpaired) electrons. The highest BCUT2D eigenvalue weighted by Gasteiger charge is 2.24. The topological polar surface area (TPSA) is 18.5 Å². The Hall–Kier alpha value is -0.860. The molecule has 0 N–H and O–H groups in total. The molecular formula is C20H30O2. The van der Waals surface area contributed by atoms with Crippen molar-refractivity contribution in [1.29, 1.82) is 0 Å². The van der Waals surface area contributed by atoms with Gasteiger partial charge in [-0.25, -0.2) is 0 Å². The van der Waals surface area contributed by atoms with Crippen molar-refractivity contribution in [2.75, 3.05) is 13.2 Å². The SMILES string of the molecule is CCCC1CCC(c2ccc(C3OCCO3)c(CC)c2)CC1. The van der Waals surface area contributed by atoms with Gasteiger partial charge in [-0.15, -0.1) is 0 Å². The molecule has 2 aliphatic rings. The lowest BCUT2D eigenvalue weighted by molar-refractivity contribution is -0.0447. The van der Waals surface area contributed by atoms with Gasteiger partial charge < -0.3 is 9.47 Å². The van der Waals surface area contributed by atoms with E-state index in [1.165, 1.54) is 55.2 Å². The zero-order valence-corrected chi connectivity index (χ0v) is 14.1. The van der Waals surface area contributed by atoms with Gasteiger partial charge in [-0.05, 0) is 55.1 Å². The second-order valence-electron chi connectivity index (χ2n) is 6.89. The lowest BCUT2D eigenvalue weighted by Gasteiger charge is -2.29. The lowest BCUT2D eigenvalue weighted by atomic mass is 9.77. The number of hydrogen-bond acceptors (Lipinski definition) is 2. The number of hydrogen-bond donors (Lipinski definition) is 0. The summed E-state index contributed by atoms with van der Waals surface area (Å²) in [5.41, 5.74) is 4.18. The smallest absolute Gasteiger partial charge is 0.184 e. The Labute approximate surface area is 135 Å². The molecule has 122 valence electrons. The standard InChI is InChI=1S/C20H30O2/c1-3-5-15-6-8-17(9-7-15)18-10-11-19(16(4-2)14-18)20-21-12-13-22-20/h10-11,14-15,17,20H,3-9,12-13H2,1-2H3. The van der Waals surface area contributed by atoms with E-state index in [9.17, 15) is 0 Å². The van der Waals surface area contributed by atoms with Crippen molar-refractivity contribution in [3.8, 4) is 0 Å². The molecule has 2 nitrogen and oxygen atoms in total.